The molecular formula is C26H30ClN7O4S. The van der Waals surface area contributed by atoms with Crippen LogP contribution in [-0.4, -0.2) is 47.2 Å². The van der Waals surface area contributed by atoms with Crippen LogP contribution in [0.15, 0.2) is 59.8 Å². The first kappa shape index (κ1) is 28.3. The number of sulfonamides is 1. The quantitative estimate of drug-likeness (QED) is 0.172. The number of ether oxygens (including phenoxy) is 1. The molecule has 2 aromatic heterocycles. The van der Waals surface area contributed by atoms with Crippen molar-refractivity contribution in [2.24, 2.45) is 0 Å². The fraction of sp³-hybridized carbons (Fsp3) is 0.308. The van der Waals surface area contributed by atoms with Crippen LogP contribution in [0.4, 0.5) is 10.6 Å². The number of nitrogens with zero attached hydrogens (tertiary/aromatic N) is 4. The fourth-order valence-corrected chi connectivity index (χ4v) is 5.03. The number of nitrogens with two attached hydrogens (primary N) is 1. The topological polar surface area (TPSA) is 154 Å². The van der Waals surface area contributed by atoms with Crippen LogP contribution in [0.1, 0.15) is 29.5 Å². The molecule has 2 aromatic carbocycles. The number of unbranched alkanes of at least 4 members (excludes halogenated alkanes) is 1. The van der Waals surface area contributed by atoms with E-state index in [-0.39, 0.29) is 29.1 Å². The number of alkyl carbamates (subject to hydrolysis) is 1. The number of fused-ring (bicyclic) bond motifs is 1. The summed E-state index contributed by atoms with van der Waals surface area (Å²) < 4.78 is 34.8. The van der Waals surface area contributed by atoms with Crippen LogP contribution < -0.4 is 15.8 Å². The molecule has 1 amide bonds. The van der Waals surface area contributed by atoms with E-state index in [4.69, 9.17) is 22.1 Å². The van der Waals surface area contributed by atoms with Gasteiger partial charge in [-0.15, -0.1) is 0 Å². The molecule has 0 saturated carbocycles. The van der Waals surface area contributed by atoms with E-state index in [0.29, 0.717) is 37.1 Å². The van der Waals surface area contributed by atoms with Gasteiger partial charge in [0.25, 0.3) is 0 Å². The van der Waals surface area contributed by atoms with Gasteiger partial charge in [0.15, 0.2) is 11.5 Å². The second-order valence-corrected chi connectivity index (χ2v) is 11.1. The Labute approximate surface area is 231 Å². The highest BCUT2D eigenvalue weighted by molar-refractivity contribution is 7.89. The Morgan fingerprint density at radius 3 is 2.51 bits per heavy atom. The number of rotatable bonds is 12. The molecule has 0 radical (unpaired) electrons. The van der Waals surface area contributed by atoms with Crippen LogP contribution in [0.5, 0.6) is 0 Å². The second-order valence-electron chi connectivity index (χ2n) is 8.96. The third-order valence-electron chi connectivity index (χ3n) is 5.99. The lowest BCUT2D eigenvalue weighted by Crippen LogP contribution is -2.26. The number of nitrogen functional groups attached to an aromatic ring is 1. The summed E-state index contributed by atoms with van der Waals surface area (Å²) in [6.07, 6.45) is 3.02. The van der Waals surface area contributed by atoms with Crippen LogP contribution in [0.2, 0.25) is 5.28 Å². The average Bonchev–Trinajstić information content (AvgIpc) is 3.31. The van der Waals surface area contributed by atoms with Gasteiger partial charge in [-0.1, -0.05) is 42.0 Å². The zero-order valence-electron chi connectivity index (χ0n) is 21.4. The molecule has 0 fully saturated rings. The highest BCUT2D eigenvalue weighted by atomic mass is 35.5. The summed E-state index contributed by atoms with van der Waals surface area (Å²) in [6, 6.07) is 14.3. The number of aryl methyl sites for hydroxylation is 2. The van der Waals surface area contributed by atoms with Gasteiger partial charge in [0.05, 0.1) is 17.8 Å². The number of carbonyl (C=O) groups excluding carboxylic acids is 1. The van der Waals surface area contributed by atoms with Crippen molar-refractivity contribution in [3.05, 3.63) is 76.8 Å². The molecule has 4 aromatic rings. The molecular weight excluding hydrogens is 542 g/mol. The third-order valence-corrected chi connectivity index (χ3v) is 7.63. The smallest absolute Gasteiger partial charge is 0.407 e. The minimum Gasteiger partial charge on any atom is -0.450 e. The van der Waals surface area contributed by atoms with E-state index in [1.165, 1.54) is 12.1 Å². The molecule has 39 heavy (non-hydrogen) atoms. The Morgan fingerprint density at radius 1 is 1.05 bits per heavy atom. The maximum atomic E-state index is 12.6. The Morgan fingerprint density at radius 2 is 1.77 bits per heavy atom. The van der Waals surface area contributed by atoms with Crippen molar-refractivity contribution in [1.29, 1.82) is 0 Å². The average molecular weight is 572 g/mol. The third kappa shape index (κ3) is 7.88. The molecule has 0 aliphatic rings. The summed E-state index contributed by atoms with van der Waals surface area (Å²) in [7, 11) is -3.62. The minimum atomic E-state index is -3.62. The number of benzene rings is 2. The molecule has 0 aliphatic heterocycles. The zero-order chi connectivity index (χ0) is 27.8. The highest BCUT2D eigenvalue weighted by Crippen LogP contribution is 2.18. The Kier molecular flexibility index (Phi) is 9.33. The Bertz CT molecular complexity index is 1520. The Hall–Kier alpha value is -3.74. The molecule has 0 spiro atoms. The molecule has 4 rings (SSSR count). The van der Waals surface area contributed by atoms with Gasteiger partial charge in [0, 0.05) is 19.6 Å². The number of nitrogens with one attached hydrogen (secondary N) is 2. The van der Waals surface area contributed by atoms with Gasteiger partial charge in [-0.25, -0.2) is 22.9 Å². The highest BCUT2D eigenvalue weighted by Gasteiger charge is 2.14. The summed E-state index contributed by atoms with van der Waals surface area (Å²) in [4.78, 5) is 24.5. The number of aromatic nitrogens is 4. The monoisotopic (exact) mass is 571 g/mol. The van der Waals surface area contributed by atoms with Gasteiger partial charge >= 0.3 is 6.09 Å². The second kappa shape index (κ2) is 12.9. The van der Waals surface area contributed by atoms with Gasteiger partial charge in [-0.2, -0.15) is 9.97 Å². The SMILES string of the molecule is Cc1ccc(CCNS(=O)(=O)c2ccc(CNC(=O)OCCCCn3cnc4c(N)nc(Cl)nc43)cc2)cc1. The largest absolute Gasteiger partial charge is 0.450 e. The molecule has 4 N–H and O–H groups in total. The molecule has 13 heteroatoms. The van der Waals surface area contributed by atoms with E-state index >= 15 is 0 Å². The van der Waals surface area contributed by atoms with Crippen molar-refractivity contribution in [3.63, 3.8) is 0 Å². The summed E-state index contributed by atoms with van der Waals surface area (Å²) in [5, 5.41) is 2.73. The number of hydrogen-bond donors (Lipinski definition) is 3. The fourth-order valence-electron chi connectivity index (χ4n) is 3.83. The van der Waals surface area contributed by atoms with E-state index in [9.17, 15) is 13.2 Å². The van der Waals surface area contributed by atoms with Crippen molar-refractivity contribution in [2.75, 3.05) is 18.9 Å². The first-order chi connectivity index (χ1) is 18.7. The molecule has 0 unspecified atom stereocenters. The molecule has 2 heterocycles. The van der Waals surface area contributed by atoms with Crippen molar-refractivity contribution in [1.82, 2.24) is 29.6 Å². The molecule has 0 aliphatic carbocycles. The van der Waals surface area contributed by atoms with E-state index < -0.39 is 16.1 Å². The lowest BCUT2D eigenvalue weighted by atomic mass is 10.1. The van der Waals surface area contributed by atoms with E-state index in [0.717, 1.165) is 23.1 Å². The standard InChI is InChI=1S/C26H30ClN7O4S/c1-18-4-6-19(7-5-18)12-13-31-39(36,37)21-10-8-20(9-11-21)16-29-26(35)38-15-3-2-14-34-17-30-22-23(28)32-25(27)33-24(22)34/h4-11,17,31H,2-3,12-16H2,1H3,(H,29,35)(H2,28,32,33). The molecule has 0 atom stereocenters. The van der Waals surface area contributed by atoms with Gasteiger partial charge in [0.1, 0.15) is 5.52 Å². The zero-order valence-corrected chi connectivity index (χ0v) is 23.0. The Balaban J connectivity index is 1.14. The van der Waals surface area contributed by atoms with Gasteiger partial charge in [0.2, 0.25) is 15.3 Å². The predicted octanol–water partition coefficient (Wildman–Crippen LogP) is 3.60. The first-order valence-corrected chi connectivity index (χ1v) is 14.3. The molecule has 0 bridgehead atoms. The van der Waals surface area contributed by atoms with Crippen LogP contribution >= 0.6 is 11.6 Å². The van der Waals surface area contributed by atoms with Crippen LogP contribution in [-0.2, 0) is 34.3 Å². The van der Waals surface area contributed by atoms with E-state index in [1.807, 2.05) is 35.8 Å². The van der Waals surface area contributed by atoms with Gasteiger partial charge in [-0.05, 0) is 61.0 Å². The summed E-state index contributed by atoms with van der Waals surface area (Å²) >= 11 is 5.88. The summed E-state index contributed by atoms with van der Waals surface area (Å²) in [6.45, 7) is 3.36. The van der Waals surface area contributed by atoms with Crippen molar-refractivity contribution in [3.8, 4) is 0 Å². The van der Waals surface area contributed by atoms with E-state index in [1.54, 1.807) is 18.5 Å². The van der Waals surface area contributed by atoms with Gasteiger partial charge in [-0.3, -0.25) is 0 Å². The lowest BCUT2D eigenvalue weighted by Gasteiger charge is -2.09. The minimum absolute atomic E-state index is 0.0589. The summed E-state index contributed by atoms with van der Waals surface area (Å²) in [5.74, 6) is 0.227. The van der Waals surface area contributed by atoms with Crippen LogP contribution in [0.25, 0.3) is 11.2 Å². The number of amides is 1. The molecule has 206 valence electrons. The molecule has 11 nitrogen and oxygen atoms in total. The van der Waals surface area contributed by atoms with Crippen molar-refractivity contribution < 1.29 is 17.9 Å². The summed E-state index contributed by atoms with van der Waals surface area (Å²) in [5.41, 5.74) is 9.84. The molecule has 0 saturated heterocycles. The van der Waals surface area contributed by atoms with Crippen LogP contribution in [0.3, 0.4) is 0 Å². The maximum absolute atomic E-state index is 12.6. The number of halogens is 1. The first-order valence-electron chi connectivity index (χ1n) is 12.4. The van der Waals surface area contributed by atoms with Crippen molar-refractivity contribution >= 4 is 44.7 Å². The van der Waals surface area contributed by atoms with Gasteiger partial charge < -0.3 is 20.4 Å². The number of anilines is 1. The normalized spacial score (nSPS) is 11.5. The lowest BCUT2D eigenvalue weighted by molar-refractivity contribution is 0.143. The van der Waals surface area contributed by atoms with E-state index in [2.05, 4.69) is 25.0 Å². The predicted molar refractivity (Wildman–Crippen MR) is 149 cm³/mol. The van der Waals surface area contributed by atoms with Crippen LogP contribution in [0, 0.1) is 6.92 Å². The number of imidazole rings is 1. The maximum Gasteiger partial charge on any atom is 0.407 e. The number of hydrogen-bond acceptors (Lipinski definition) is 8. The number of carbonyl (C=O) groups is 1. The van der Waals surface area contributed by atoms with Crippen molar-refractivity contribution in [2.45, 2.75) is 44.2 Å².